The van der Waals surface area contributed by atoms with Crippen LogP contribution in [0.1, 0.15) is 36.0 Å². The number of hydrogen-bond acceptors (Lipinski definition) is 7. The van der Waals surface area contributed by atoms with Crippen LogP contribution >= 0.6 is 23.1 Å². The summed E-state index contributed by atoms with van der Waals surface area (Å²) in [5.74, 6) is 0.662. The minimum Gasteiger partial charge on any atom is -0.497 e. The molecule has 6 nitrogen and oxygen atoms in total. The Kier molecular flexibility index (Phi) is 8.75. The van der Waals surface area contributed by atoms with Gasteiger partial charge in [0.1, 0.15) is 11.6 Å². The number of aliphatic carboxylic acids is 1. The quantitative estimate of drug-likeness (QED) is 0.262. The summed E-state index contributed by atoms with van der Waals surface area (Å²) in [6.07, 6.45) is 3.62. The lowest BCUT2D eigenvalue weighted by Gasteiger charge is -2.38. The van der Waals surface area contributed by atoms with Crippen LogP contribution in [0.25, 0.3) is 10.9 Å². The Morgan fingerprint density at radius 3 is 2.89 bits per heavy atom. The molecule has 0 aliphatic carbocycles. The van der Waals surface area contributed by atoms with Gasteiger partial charge in [-0.3, -0.25) is 14.6 Å². The van der Waals surface area contributed by atoms with Gasteiger partial charge in [0.05, 0.1) is 16.8 Å². The van der Waals surface area contributed by atoms with E-state index in [9.17, 15) is 19.1 Å². The summed E-state index contributed by atoms with van der Waals surface area (Å²) in [7, 11) is 1.59. The van der Waals surface area contributed by atoms with E-state index in [2.05, 4.69) is 9.88 Å². The van der Waals surface area contributed by atoms with E-state index in [-0.39, 0.29) is 29.9 Å². The topological polar surface area (TPSA) is 79.7 Å². The van der Waals surface area contributed by atoms with Gasteiger partial charge in [-0.05, 0) is 66.9 Å². The van der Waals surface area contributed by atoms with Gasteiger partial charge in [0.2, 0.25) is 0 Å². The zero-order chi connectivity index (χ0) is 24.8. The van der Waals surface area contributed by atoms with Crippen LogP contribution in [0.15, 0.2) is 46.1 Å². The first kappa shape index (κ1) is 25.6. The van der Waals surface area contributed by atoms with Crippen molar-refractivity contribution in [3.63, 3.8) is 0 Å². The summed E-state index contributed by atoms with van der Waals surface area (Å²) >= 11 is 2.91. The number of carboxylic acid groups (broad SMARTS) is 1. The molecule has 2 aromatic heterocycles. The standard InChI is InChI=1S/C26H29FN2O4S2/c1-33-19-3-4-23-21(15-19)20(6-9-28-23)24(30)5-2-17-7-10-29(16-18(17)14-25(31)32)11-13-35-26-22(27)8-12-34-26/h3-4,6,8-9,12,15,17-18H,2,5,7,10-11,13-14,16H2,1H3,(H,31,32)/t17-,18-/m1/s1. The van der Waals surface area contributed by atoms with Gasteiger partial charge in [0.25, 0.3) is 0 Å². The summed E-state index contributed by atoms with van der Waals surface area (Å²) in [6, 6.07) is 8.73. The maximum atomic E-state index is 13.6. The first-order valence-electron chi connectivity index (χ1n) is 11.7. The lowest BCUT2D eigenvalue weighted by molar-refractivity contribution is -0.139. The number of likely N-dealkylation sites (tertiary alicyclic amines) is 1. The number of piperidine rings is 1. The number of carbonyl (C=O) groups is 2. The summed E-state index contributed by atoms with van der Waals surface area (Å²) in [5, 5.41) is 12.0. The maximum Gasteiger partial charge on any atom is 0.303 e. The number of thiophene rings is 1. The van der Waals surface area contributed by atoms with Crippen molar-refractivity contribution >= 4 is 45.8 Å². The van der Waals surface area contributed by atoms with E-state index in [4.69, 9.17) is 4.74 Å². The first-order valence-corrected chi connectivity index (χ1v) is 13.6. The molecule has 4 rings (SSSR count). The smallest absolute Gasteiger partial charge is 0.303 e. The van der Waals surface area contributed by atoms with E-state index in [1.165, 1.54) is 29.2 Å². The first-order chi connectivity index (χ1) is 16.9. The zero-order valence-electron chi connectivity index (χ0n) is 19.6. The molecule has 0 unspecified atom stereocenters. The number of Topliss-reactive ketones (excluding diaryl/α,β-unsaturated/α-hetero) is 1. The average molecular weight is 517 g/mol. The number of methoxy groups -OCH3 is 1. The molecule has 1 N–H and O–H groups in total. The molecule has 9 heteroatoms. The summed E-state index contributed by atoms with van der Waals surface area (Å²) in [4.78, 5) is 31.3. The monoisotopic (exact) mass is 516 g/mol. The lowest BCUT2D eigenvalue weighted by atomic mass is 9.79. The Bertz CT molecular complexity index is 1190. The number of ketones is 1. The average Bonchev–Trinajstić information content (AvgIpc) is 3.26. The largest absolute Gasteiger partial charge is 0.497 e. The number of hydrogen-bond donors (Lipinski definition) is 1. The highest BCUT2D eigenvalue weighted by Gasteiger charge is 2.31. The lowest BCUT2D eigenvalue weighted by Crippen LogP contribution is -2.42. The van der Waals surface area contributed by atoms with Gasteiger partial charge in [-0.1, -0.05) is 0 Å². The number of thioether (sulfide) groups is 1. The van der Waals surface area contributed by atoms with Gasteiger partial charge in [-0.2, -0.15) is 0 Å². The van der Waals surface area contributed by atoms with Crippen molar-refractivity contribution in [2.45, 2.75) is 29.9 Å². The molecule has 3 heterocycles. The highest BCUT2D eigenvalue weighted by molar-refractivity contribution is 8.01. The van der Waals surface area contributed by atoms with Crippen molar-refractivity contribution in [1.29, 1.82) is 0 Å². The van der Waals surface area contributed by atoms with E-state index >= 15 is 0 Å². The van der Waals surface area contributed by atoms with Crippen molar-refractivity contribution < 1.29 is 23.8 Å². The van der Waals surface area contributed by atoms with Crippen LogP contribution in [-0.2, 0) is 4.79 Å². The summed E-state index contributed by atoms with van der Waals surface area (Å²) < 4.78 is 19.6. The van der Waals surface area contributed by atoms with Gasteiger partial charge in [-0.25, -0.2) is 4.39 Å². The van der Waals surface area contributed by atoms with Crippen LogP contribution in [0.5, 0.6) is 5.75 Å². The Labute approximate surface area is 212 Å². The number of ether oxygens (including phenoxy) is 1. The molecule has 1 aliphatic heterocycles. The molecule has 1 aliphatic rings. The number of rotatable bonds is 11. The summed E-state index contributed by atoms with van der Waals surface area (Å²) in [6.45, 7) is 2.33. The van der Waals surface area contributed by atoms with Crippen LogP contribution in [0.2, 0.25) is 0 Å². The van der Waals surface area contributed by atoms with Crippen LogP contribution in [0.3, 0.4) is 0 Å². The molecule has 0 radical (unpaired) electrons. The fourth-order valence-corrected chi connectivity index (χ4v) is 6.71. The van der Waals surface area contributed by atoms with E-state index in [1.807, 2.05) is 18.2 Å². The van der Waals surface area contributed by atoms with Gasteiger partial charge < -0.3 is 14.7 Å². The molecule has 0 bridgehead atoms. The molecule has 35 heavy (non-hydrogen) atoms. The van der Waals surface area contributed by atoms with Crippen LogP contribution in [0, 0.1) is 17.7 Å². The molecular formula is C26H29FN2O4S2. The zero-order valence-corrected chi connectivity index (χ0v) is 21.2. The van der Waals surface area contributed by atoms with Crippen LogP contribution < -0.4 is 4.74 Å². The van der Waals surface area contributed by atoms with Crippen molar-refractivity contribution in [3.05, 3.63) is 53.3 Å². The number of halogens is 1. The number of fused-ring (bicyclic) bond motifs is 1. The number of nitrogens with zero attached hydrogens (tertiary/aromatic N) is 2. The second kappa shape index (κ2) is 12.0. The third kappa shape index (κ3) is 6.59. The summed E-state index contributed by atoms with van der Waals surface area (Å²) in [5.41, 5.74) is 1.37. The Balaban J connectivity index is 1.36. The highest BCUT2D eigenvalue weighted by Crippen LogP contribution is 2.33. The predicted molar refractivity (Wildman–Crippen MR) is 137 cm³/mol. The highest BCUT2D eigenvalue weighted by atomic mass is 32.2. The molecular weight excluding hydrogens is 487 g/mol. The molecule has 0 spiro atoms. The second-order valence-electron chi connectivity index (χ2n) is 8.82. The van der Waals surface area contributed by atoms with Crippen molar-refractivity contribution in [2.75, 3.05) is 32.5 Å². The number of benzene rings is 1. The Morgan fingerprint density at radius 1 is 1.29 bits per heavy atom. The number of carbonyl (C=O) groups excluding carboxylic acids is 1. The molecule has 2 atom stereocenters. The van der Waals surface area contributed by atoms with Crippen molar-refractivity contribution in [3.8, 4) is 5.75 Å². The molecule has 1 aromatic carbocycles. The van der Waals surface area contributed by atoms with Gasteiger partial charge in [0, 0.05) is 48.8 Å². The molecule has 0 saturated carbocycles. The molecule has 1 saturated heterocycles. The minimum atomic E-state index is -0.810. The van der Waals surface area contributed by atoms with Gasteiger partial charge >= 0.3 is 5.97 Å². The van der Waals surface area contributed by atoms with E-state index < -0.39 is 5.97 Å². The normalized spacial score (nSPS) is 18.6. The third-order valence-corrected chi connectivity index (χ3v) is 8.80. The Morgan fingerprint density at radius 2 is 2.14 bits per heavy atom. The number of aromatic nitrogens is 1. The van der Waals surface area contributed by atoms with E-state index in [1.54, 1.807) is 24.8 Å². The van der Waals surface area contributed by atoms with Crippen molar-refractivity contribution in [2.24, 2.45) is 11.8 Å². The SMILES string of the molecule is COc1ccc2nccc(C(=O)CC[C@@H]3CCN(CCSc4sccc4F)C[C@H]3CC(=O)O)c2c1. The fraction of sp³-hybridized carbons (Fsp3) is 0.423. The molecule has 186 valence electrons. The maximum absolute atomic E-state index is 13.6. The Hall–Kier alpha value is -2.49. The van der Waals surface area contributed by atoms with E-state index in [0.717, 1.165) is 36.2 Å². The number of pyridine rings is 1. The molecule has 1 fully saturated rings. The minimum absolute atomic E-state index is 0.00759. The van der Waals surface area contributed by atoms with Gasteiger partial charge in [0.15, 0.2) is 5.78 Å². The third-order valence-electron chi connectivity index (χ3n) is 6.63. The second-order valence-corrected chi connectivity index (χ2v) is 11.1. The van der Waals surface area contributed by atoms with Crippen LogP contribution in [-0.4, -0.2) is 59.2 Å². The molecule has 0 amide bonds. The molecule has 3 aromatic rings. The van der Waals surface area contributed by atoms with E-state index in [0.29, 0.717) is 34.9 Å². The fourth-order valence-electron chi connectivity index (χ4n) is 4.79. The van der Waals surface area contributed by atoms with Gasteiger partial charge in [-0.15, -0.1) is 23.1 Å². The predicted octanol–water partition coefficient (Wildman–Crippen LogP) is 5.61. The number of carboxylic acids is 1. The van der Waals surface area contributed by atoms with Crippen molar-refractivity contribution in [1.82, 2.24) is 9.88 Å². The van der Waals surface area contributed by atoms with Crippen LogP contribution in [0.4, 0.5) is 4.39 Å².